The molecule has 0 fully saturated rings. The van der Waals surface area contributed by atoms with Gasteiger partial charge in [-0.2, -0.15) is 5.10 Å². The summed E-state index contributed by atoms with van der Waals surface area (Å²) in [4.78, 5) is 0. The van der Waals surface area contributed by atoms with E-state index < -0.39 is 0 Å². The Morgan fingerprint density at radius 2 is 2.00 bits per heavy atom. The lowest BCUT2D eigenvalue weighted by Gasteiger charge is -2.23. The van der Waals surface area contributed by atoms with Crippen LogP contribution in [-0.2, 0) is 18.5 Å². The van der Waals surface area contributed by atoms with Crippen molar-refractivity contribution in [2.24, 2.45) is 5.73 Å². The lowest BCUT2D eigenvalue weighted by molar-refractivity contribution is 0.489. The number of aryl methyl sites for hydroxylation is 1. The molecule has 0 aliphatic heterocycles. The van der Waals surface area contributed by atoms with Gasteiger partial charge in [0, 0.05) is 23.8 Å². The molecule has 0 saturated heterocycles. The van der Waals surface area contributed by atoms with Crippen molar-refractivity contribution in [2.75, 3.05) is 0 Å². The van der Waals surface area contributed by atoms with Gasteiger partial charge >= 0.3 is 0 Å². The van der Waals surface area contributed by atoms with E-state index in [1.54, 1.807) is 0 Å². The number of nitrogens with zero attached hydrogens (tertiary/aromatic N) is 2. The summed E-state index contributed by atoms with van der Waals surface area (Å²) in [6, 6.07) is 10.3. The molecule has 0 aliphatic carbocycles. The first-order valence-electron chi connectivity index (χ1n) is 6.47. The van der Waals surface area contributed by atoms with Crippen molar-refractivity contribution in [1.82, 2.24) is 9.78 Å². The summed E-state index contributed by atoms with van der Waals surface area (Å²) in [6.45, 7) is 5.15. The molecule has 0 saturated carbocycles. The van der Waals surface area contributed by atoms with Crippen LogP contribution in [0.25, 0.3) is 0 Å². The Morgan fingerprint density at radius 3 is 2.67 bits per heavy atom. The van der Waals surface area contributed by atoms with Gasteiger partial charge in [0.15, 0.2) is 0 Å². The third-order valence-electron chi connectivity index (χ3n) is 3.16. The van der Waals surface area contributed by atoms with Crippen LogP contribution in [0, 0.1) is 0 Å². The minimum atomic E-state index is -0.368. The summed E-state index contributed by atoms with van der Waals surface area (Å²) in [7, 11) is 0. The molecule has 1 atom stereocenters. The van der Waals surface area contributed by atoms with E-state index in [-0.39, 0.29) is 5.54 Å². The number of benzene rings is 1. The third-order valence-corrected chi connectivity index (χ3v) is 3.16. The van der Waals surface area contributed by atoms with E-state index >= 15 is 0 Å². The van der Waals surface area contributed by atoms with Crippen molar-refractivity contribution in [3.8, 4) is 0 Å². The molecule has 96 valence electrons. The number of nitrogens with two attached hydrogens (primary N) is 1. The molecule has 1 unspecified atom stereocenters. The van der Waals surface area contributed by atoms with Crippen molar-refractivity contribution >= 4 is 0 Å². The lowest BCUT2D eigenvalue weighted by atomic mass is 9.89. The molecule has 0 aliphatic rings. The normalized spacial score (nSPS) is 14.4. The van der Waals surface area contributed by atoms with Gasteiger partial charge in [-0.1, -0.05) is 37.3 Å². The fourth-order valence-electron chi connectivity index (χ4n) is 2.13. The lowest BCUT2D eigenvalue weighted by Crippen LogP contribution is -2.35. The standard InChI is InChI=1S/C15H21N3/c1-3-9-18-12-14(11-17-18)15(2,16)10-13-7-5-4-6-8-13/h4-8,11-12H,3,9-10,16H2,1-2H3. The molecular weight excluding hydrogens is 222 g/mol. The van der Waals surface area contributed by atoms with Crippen LogP contribution in [0.2, 0.25) is 0 Å². The Kier molecular flexibility index (Phi) is 3.82. The van der Waals surface area contributed by atoms with E-state index in [4.69, 9.17) is 5.73 Å². The summed E-state index contributed by atoms with van der Waals surface area (Å²) < 4.78 is 1.96. The highest BCUT2D eigenvalue weighted by Gasteiger charge is 2.23. The van der Waals surface area contributed by atoms with Crippen LogP contribution in [0.5, 0.6) is 0 Å². The molecule has 2 N–H and O–H groups in total. The second-order valence-electron chi connectivity index (χ2n) is 5.07. The minimum absolute atomic E-state index is 0.368. The zero-order valence-corrected chi connectivity index (χ0v) is 11.1. The van der Waals surface area contributed by atoms with Crippen molar-refractivity contribution < 1.29 is 0 Å². The monoisotopic (exact) mass is 243 g/mol. The van der Waals surface area contributed by atoms with E-state index in [0.29, 0.717) is 0 Å². The SMILES string of the molecule is CCCn1cc(C(C)(N)Cc2ccccc2)cn1. The first-order chi connectivity index (χ1) is 8.62. The van der Waals surface area contributed by atoms with Gasteiger partial charge in [-0.3, -0.25) is 4.68 Å². The molecule has 3 heteroatoms. The molecule has 1 aromatic heterocycles. The first kappa shape index (κ1) is 12.8. The Bertz CT molecular complexity index is 485. The summed E-state index contributed by atoms with van der Waals surface area (Å²) in [5.74, 6) is 0. The van der Waals surface area contributed by atoms with Crippen LogP contribution in [-0.4, -0.2) is 9.78 Å². The van der Waals surface area contributed by atoms with Crippen LogP contribution in [0.3, 0.4) is 0 Å². The summed E-state index contributed by atoms with van der Waals surface area (Å²) in [5, 5.41) is 4.35. The van der Waals surface area contributed by atoms with Crippen LogP contribution in [0.1, 0.15) is 31.4 Å². The molecule has 0 bridgehead atoms. The molecule has 1 heterocycles. The second kappa shape index (κ2) is 5.36. The maximum absolute atomic E-state index is 6.43. The van der Waals surface area contributed by atoms with Crippen LogP contribution in [0.15, 0.2) is 42.7 Å². The molecule has 0 radical (unpaired) electrons. The summed E-state index contributed by atoms with van der Waals surface area (Å²) in [5.41, 5.74) is 8.41. The van der Waals surface area contributed by atoms with Crippen molar-refractivity contribution in [2.45, 2.75) is 38.8 Å². The zero-order chi connectivity index (χ0) is 13.0. The van der Waals surface area contributed by atoms with Gasteiger partial charge in [0.2, 0.25) is 0 Å². The first-order valence-corrected chi connectivity index (χ1v) is 6.47. The fraction of sp³-hybridized carbons (Fsp3) is 0.400. The summed E-state index contributed by atoms with van der Waals surface area (Å²) >= 11 is 0. The smallest absolute Gasteiger partial charge is 0.0540 e. The number of hydrogen-bond acceptors (Lipinski definition) is 2. The van der Waals surface area contributed by atoms with Crippen molar-refractivity contribution in [3.63, 3.8) is 0 Å². The molecule has 0 spiro atoms. The van der Waals surface area contributed by atoms with E-state index in [1.165, 1.54) is 5.56 Å². The molecule has 1 aromatic carbocycles. The van der Waals surface area contributed by atoms with Crippen LogP contribution in [0.4, 0.5) is 0 Å². The largest absolute Gasteiger partial charge is 0.321 e. The summed E-state index contributed by atoms with van der Waals surface area (Å²) in [6.07, 6.45) is 5.86. The molecule has 3 nitrogen and oxygen atoms in total. The van der Waals surface area contributed by atoms with E-state index in [1.807, 2.05) is 29.1 Å². The Labute approximate surface area is 109 Å². The molecule has 2 rings (SSSR count). The Hall–Kier alpha value is -1.61. The van der Waals surface area contributed by atoms with Crippen molar-refractivity contribution in [3.05, 3.63) is 53.9 Å². The molecule has 18 heavy (non-hydrogen) atoms. The Balaban J connectivity index is 2.14. The van der Waals surface area contributed by atoms with Gasteiger partial charge in [0.1, 0.15) is 0 Å². The average Bonchev–Trinajstić information content (AvgIpc) is 2.80. The third kappa shape index (κ3) is 2.99. The fourth-order valence-corrected chi connectivity index (χ4v) is 2.13. The maximum atomic E-state index is 6.43. The highest BCUT2D eigenvalue weighted by atomic mass is 15.3. The number of hydrogen-bond donors (Lipinski definition) is 1. The minimum Gasteiger partial charge on any atom is -0.321 e. The van der Waals surface area contributed by atoms with Gasteiger partial charge < -0.3 is 5.73 Å². The highest BCUT2D eigenvalue weighted by molar-refractivity contribution is 5.24. The van der Waals surface area contributed by atoms with Gasteiger partial charge in [-0.05, 0) is 25.3 Å². The molecule has 0 amide bonds. The van der Waals surface area contributed by atoms with Crippen molar-refractivity contribution in [1.29, 1.82) is 0 Å². The van der Waals surface area contributed by atoms with Crippen LogP contribution >= 0.6 is 0 Å². The van der Waals surface area contributed by atoms with Gasteiger partial charge in [0.25, 0.3) is 0 Å². The van der Waals surface area contributed by atoms with E-state index in [0.717, 1.165) is 24.9 Å². The molecular formula is C15H21N3. The van der Waals surface area contributed by atoms with Crippen LogP contribution < -0.4 is 5.73 Å². The molecule has 2 aromatic rings. The van der Waals surface area contributed by atoms with Gasteiger partial charge in [0.05, 0.1) is 6.20 Å². The predicted molar refractivity (Wildman–Crippen MR) is 74.2 cm³/mol. The maximum Gasteiger partial charge on any atom is 0.0540 e. The average molecular weight is 243 g/mol. The quantitative estimate of drug-likeness (QED) is 0.877. The zero-order valence-electron chi connectivity index (χ0n) is 11.1. The second-order valence-corrected chi connectivity index (χ2v) is 5.07. The van der Waals surface area contributed by atoms with E-state index in [2.05, 4.69) is 37.3 Å². The topological polar surface area (TPSA) is 43.8 Å². The predicted octanol–water partition coefficient (Wildman–Crippen LogP) is 2.71. The van der Waals surface area contributed by atoms with Gasteiger partial charge in [-0.15, -0.1) is 0 Å². The number of rotatable bonds is 5. The number of aromatic nitrogens is 2. The Morgan fingerprint density at radius 1 is 1.28 bits per heavy atom. The highest BCUT2D eigenvalue weighted by Crippen LogP contribution is 2.22. The van der Waals surface area contributed by atoms with Gasteiger partial charge in [-0.25, -0.2) is 0 Å². The van der Waals surface area contributed by atoms with E-state index in [9.17, 15) is 0 Å².